The SMILES string of the molecule is CCCNCC(C)c1ccc(COC2CCCCC2)cc1. The minimum atomic E-state index is 0.496. The largest absolute Gasteiger partial charge is 0.374 e. The lowest BCUT2D eigenvalue weighted by Gasteiger charge is -2.22. The summed E-state index contributed by atoms with van der Waals surface area (Å²) in [7, 11) is 0. The molecule has 1 atom stereocenters. The second kappa shape index (κ2) is 9.22. The van der Waals surface area contributed by atoms with Gasteiger partial charge in [-0.3, -0.25) is 0 Å². The summed E-state index contributed by atoms with van der Waals surface area (Å²) in [6.45, 7) is 7.44. The van der Waals surface area contributed by atoms with E-state index >= 15 is 0 Å². The molecule has 0 bridgehead atoms. The first-order valence-corrected chi connectivity index (χ1v) is 8.70. The molecule has 1 aliphatic carbocycles. The van der Waals surface area contributed by atoms with E-state index in [9.17, 15) is 0 Å². The zero-order valence-corrected chi connectivity index (χ0v) is 13.7. The first-order valence-electron chi connectivity index (χ1n) is 8.70. The van der Waals surface area contributed by atoms with Crippen molar-refractivity contribution in [3.8, 4) is 0 Å². The summed E-state index contributed by atoms with van der Waals surface area (Å²) in [6.07, 6.45) is 8.26. The van der Waals surface area contributed by atoms with Gasteiger partial charge in [-0.2, -0.15) is 0 Å². The van der Waals surface area contributed by atoms with Crippen molar-refractivity contribution < 1.29 is 4.74 Å². The van der Waals surface area contributed by atoms with E-state index in [0.717, 1.165) is 19.7 Å². The first kappa shape index (κ1) is 16.5. The van der Waals surface area contributed by atoms with Crippen LogP contribution in [0.3, 0.4) is 0 Å². The van der Waals surface area contributed by atoms with Crippen LogP contribution < -0.4 is 5.32 Å². The molecule has 1 aliphatic rings. The lowest BCUT2D eigenvalue weighted by Crippen LogP contribution is -2.20. The fraction of sp³-hybridized carbons (Fsp3) is 0.684. The highest BCUT2D eigenvalue weighted by atomic mass is 16.5. The number of nitrogens with one attached hydrogen (secondary N) is 1. The van der Waals surface area contributed by atoms with E-state index in [1.165, 1.54) is 49.7 Å². The van der Waals surface area contributed by atoms with Crippen LogP contribution in [0.25, 0.3) is 0 Å². The molecule has 1 saturated carbocycles. The summed E-state index contributed by atoms with van der Waals surface area (Å²) in [6, 6.07) is 8.98. The van der Waals surface area contributed by atoms with Gasteiger partial charge >= 0.3 is 0 Å². The highest BCUT2D eigenvalue weighted by Crippen LogP contribution is 2.22. The number of hydrogen-bond acceptors (Lipinski definition) is 2. The van der Waals surface area contributed by atoms with E-state index in [2.05, 4.69) is 43.4 Å². The van der Waals surface area contributed by atoms with Crippen LogP contribution >= 0.6 is 0 Å². The van der Waals surface area contributed by atoms with Crippen molar-refractivity contribution in [2.24, 2.45) is 0 Å². The molecule has 21 heavy (non-hydrogen) atoms. The Hall–Kier alpha value is -0.860. The molecule has 0 spiro atoms. The molecule has 0 radical (unpaired) electrons. The Balaban J connectivity index is 1.75. The molecular formula is C19H31NO. The summed E-state index contributed by atoms with van der Waals surface area (Å²) in [5.74, 6) is 0.574. The van der Waals surface area contributed by atoms with Crippen LogP contribution in [0.15, 0.2) is 24.3 Å². The van der Waals surface area contributed by atoms with Crippen molar-refractivity contribution in [3.63, 3.8) is 0 Å². The zero-order valence-electron chi connectivity index (χ0n) is 13.7. The van der Waals surface area contributed by atoms with Crippen molar-refractivity contribution in [1.82, 2.24) is 5.32 Å². The van der Waals surface area contributed by atoms with Gasteiger partial charge in [0.1, 0.15) is 0 Å². The lowest BCUT2D eigenvalue weighted by atomic mass is 9.97. The number of benzene rings is 1. The molecule has 0 aliphatic heterocycles. The third-order valence-corrected chi connectivity index (χ3v) is 4.46. The van der Waals surface area contributed by atoms with Gasteiger partial charge in [-0.1, -0.05) is 57.4 Å². The van der Waals surface area contributed by atoms with E-state index in [1.807, 2.05) is 0 Å². The molecule has 0 amide bonds. The van der Waals surface area contributed by atoms with Crippen molar-refractivity contribution in [3.05, 3.63) is 35.4 Å². The van der Waals surface area contributed by atoms with Gasteiger partial charge in [-0.05, 0) is 42.9 Å². The predicted octanol–water partition coefficient (Wildman–Crippen LogP) is 4.64. The Morgan fingerprint density at radius 3 is 2.52 bits per heavy atom. The summed E-state index contributed by atoms with van der Waals surface area (Å²) in [4.78, 5) is 0. The van der Waals surface area contributed by atoms with Crippen LogP contribution in [0.4, 0.5) is 0 Å². The molecule has 0 heterocycles. The average molecular weight is 289 g/mol. The molecule has 1 fully saturated rings. The van der Waals surface area contributed by atoms with Gasteiger partial charge in [-0.25, -0.2) is 0 Å². The maximum Gasteiger partial charge on any atom is 0.0720 e. The standard InChI is InChI=1S/C19H31NO/c1-3-13-20-14-16(2)18-11-9-17(10-12-18)15-21-19-7-5-4-6-8-19/h9-12,16,19-20H,3-8,13-15H2,1-2H3. The highest BCUT2D eigenvalue weighted by Gasteiger charge is 2.13. The fourth-order valence-electron chi connectivity index (χ4n) is 3.00. The van der Waals surface area contributed by atoms with Gasteiger partial charge in [0.2, 0.25) is 0 Å². The molecule has 0 aromatic heterocycles. The number of ether oxygens (including phenoxy) is 1. The van der Waals surface area contributed by atoms with Gasteiger partial charge in [0, 0.05) is 6.54 Å². The quantitative estimate of drug-likeness (QED) is 0.704. The zero-order chi connectivity index (χ0) is 14.9. The fourth-order valence-corrected chi connectivity index (χ4v) is 3.00. The van der Waals surface area contributed by atoms with E-state index in [0.29, 0.717) is 12.0 Å². The Morgan fingerprint density at radius 1 is 1.14 bits per heavy atom. The van der Waals surface area contributed by atoms with Gasteiger partial charge in [-0.15, -0.1) is 0 Å². The molecular weight excluding hydrogens is 258 g/mol. The molecule has 2 nitrogen and oxygen atoms in total. The van der Waals surface area contributed by atoms with Crippen molar-refractivity contribution in [1.29, 1.82) is 0 Å². The van der Waals surface area contributed by atoms with E-state index in [-0.39, 0.29) is 0 Å². The van der Waals surface area contributed by atoms with Crippen molar-refractivity contribution in [2.45, 2.75) is 71.0 Å². The van der Waals surface area contributed by atoms with Crippen LogP contribution in [-0.2, 0) is 11.3 Å². The van der Waals surface area contributed by atoms with Crippen molar-refractivity contribution in [2.75, 3.05) is 13.1 Å². The Morgan fingerprint density at radius 2 is 1.86 bits per heavy atom. The number of hydrogen-bond donors (Lipinski definition) is 1. The summed E-state index contributed by atoms with van der Waals surface area (Å²) < 4.78 is 6.04. The van der Waals surface area contributed by atoms with Gasteiger partial charge in [0.25, 0.3) is 0 Å². The number of rotatable bonds is 8. The highest BCUT2D eigenvalue weighted by molar-refractivity contribution is 5.24. The third-order valence-electron chi connectivity index (χ3n) is 4.46. The molecule has 1 aromatic rings. The Labute approximate surface area is 130 Å². The molecule has 1 aromatic carbocycles. The summed E-state index contributed by atoms with van der Waals surface area (Å²) >= 11 is 0. The maximum atomic E-state index is 6.04. The van der Waals surface area contributed by atoms with E-state index in [1.54, 1.807) is 0 Å². The molecule has 0 saturated heterocycles. The lowest BCUT2D eigenvalue weighted by molar-refractivity contribution is 0.0168. The Bertz CT molecular complexity index is 381. The van der Waals surface area contributed by atoms with Crippen LogP contribution in [-0.4, -0.2) is 19.2 Å². The monoisotopic (exact) mass is 289 g/mol. The minimum Gasteiger partial charge on any atom is -0.374 e. The molecule has 118 valence electrons. The second-order valence-electron chi connectivity index (χ2n) is 6.42. The predicted molar refractivity (Wildman–Crippen MR) is 89.7 cm³/mol. The van der Waals surface area contributed by atoms with E-state index in [4.69, 9.17) is 4.74 Å². The first-order chi connectivity index (χ1) is 10.3. The van der Waals surface area contributed by atoms with Gasteiger partial charge in [0.15, 0.2) is 0 Å². The van der Waals surface area contributed by atoms with Gasteiger partial charge < -0.3 is 10.1 Å². The molecule has 2 rings (SSSR count). The third kappa shape index (κ3) is 5.80. The topological polar surface area (TPSA) is 21.3 Å². The normalized spacial score (nSPS) is 17.8. The molecule has 1 unspecified atom stereocenters. The van der Waals surface area contributed by atoms with Crippen LogP contribution in [0.2, 0.25) is 0 Å². The summed E-state index contributed by atoms with van der Waals surface area (Å²) in [5, 5.41) is 3.49. The molecule has 2 heteroatoms. The van der Waals surface area contributed by atoms with Crippen LogP contribution in [0.5, 0.6) is 0 Å². The van der Waals surface area contributed by atoms with Crippen LogP contribution in [0.1, 0.15) is 69.4 Å². The average Bonchev–Trinajstić information content (AvgIpc) is 2.54. The summed E-state index contributed by atoms with van der Waals surface area (Å²) in [5.41, 5.74) is 2.72. The smallest absolute Gasteiger partial charge is 0.0720 e. The van der Waals surface area contributed by atoms with Gasteiger partial charge in [0.05, 0.1) is 12.7 Å². The maximum absolute atomic E-state index is 6.04. The second-order valence-corrected chi connectivity index (χ2v) is 6.42. The van der Waals surface area contributed by atoms with Crippen LogP contribution in [0, 0.1) is 0 Å². The minimum absolute atomic E-state index is 0.496. The van der Waals surface area contributed by atoms with Crippen molar-refractivity contribution >= 4 is 0 Å². The Kier molecular flexibility index (Phi) is 7.25. The molecule has 1 N–H and O–H groups in total. The van der Waals surface area contributed by atoms with E-state index < -0.39 is 0 Å².